The predicted molar refractivity (Wildman–Crippen MR) is 91.8 cm³/mol. The van der Waals surface area contributed by atoms with Crippen LogP contribution in [0, 0.1) is 6.92 Å². The van der Waals surface area contributed by atoms with E-state index in [1.807, 2.05) is 43.5 Å². The quantitative estimate of drug-likeness (QED) is 0.601. The van der Waals surface area contributed by atoms with Crippen molar-refractivity contribution < 1.29 is 0 Å². The molecular formula is C17H21N5O. The highest BCUT2D eigenvalue weighted by Crippen LogP contribution is 2.13. The van der Waals surface area contributed by atoms with E-state index in [9.17, 15) is 4.79 Å². The number of nitrogens with two attached hydrogens (primary N) is 1. The number of hydrogen-bond acceptors (Lipinski definition) is 4. The van der Waals surface area contributed by atoms with Crippen molar-refractivity contribution >= 4 is 11.0 Å². The Morgan fingerprint density at radius 2 is 2.09 bits per heavy atom. The third-order valence-corrected chi connectivity index (χ3v) is 3.74. The summed E-state index contributed by atoms with van der Waals surface area (Å²) in [7, 11) is 0. The average Bonchev–Trinajstić information content (AvgIpc) is 2.90. The first-order valence-corrected chi connectivity index (χ1v) is 7.76. The zero-order valence-electron chi connectivity index (χ0n) is 13.2. The number of nitrogens with one attached hydrogen (secondary N) is 2. The first-order chi connectivity index (χ1) is 11.2. The van der Waals surface area contributed by atoms with E-state index in [0.29, 0.717) is 12.2 Å². The number of H-pyrrole nitrogens is 1. The summed E-state index contributed by atoms with van der Waals surface area (Å²) < 4.78 is 1.57. The summed E-state index contributed by atoms with van der Waals surface area (Å²) in [6.45, 7) is 4.35. The lowest BCUT2D eigenvalue weighted by Crippen LogP contribution is -2.20. The third-order valence-electron chi connectivity index (χ3n) is 3.74. The Kier molecular flexibility index (Phi) is 4.55. The maximum Gasteiger partial charge on any atom is 0.354 e. The summed E-state index contributed by atoms with van der Waals surface area (Å²) >= 11 is 0. The molecule has 3 aromatic rings. The van der Waals surface area contributed by atoms with Crippen LogP contribution in [0.5, 0.6) is 0 Å². The molecule has 0 saturated heterocycles. The van der Waals surface area contributed by atoms with Gasteiger partial charge in [0.1, 0.15) is 5.65 Å². The van der Waals surface area contributed by atoms with E-state index in [0.717, 1.165) is 36.3 Å². The summed E-state index contributed by atoms with van der Waals surface area (Å²) in [5, 5.41) is 4.26. The lowest BCUT2D eigenvalue weighted by atomic mass is 10.2. The molecule has 0 radical (unpaired) electrons. The second-order valence-corrected chi connectivity index (χ2v) is 5.64. The topological polar surface area (TPSA) is 88.7 Å². The largest absolute Gasteiger partial charge is 0.354 e. The van der Waals surface area contributed by atoms with Crippen molar-refractivity contribution in [1.82, 2.24) is 19.9 Å². The van der Waals surface area contributed by atoms with Crippen LogP contribution >= 0.6 is 0 Å². The Morgan fingerprint density at radius 3 is 2.83 bits per heavy atom. The van der Waals surface area contributed by atoms with Gasteiger partial charge in [-0.3, -0.25) is 4.57 Å². The SMILES string of the molecule is Cc1cc2cn(-c3ccc(CNCCCN)cc3)c(=O)nc2[nH]1. The molecule has 6 heteroatoms. The monoisotopic (exact) mass is 311 g/mol. The minimum atomic E-state index is -0.284. The molecule has 0 bridgehead atoms. The van der Waals surface area contributed by atoms with Crippen molar-refractivity contribution in [3.05, 3.63) is 58.3 Å². The van der Waals surface area contributed by atoms with Crippen LogP contribution in [0.15, 0.2) is 41.3 Å². The smallest absolute Gasteiger partial charge is 0.343 e. The van der Waals surface area contributed by atoms with Crippen LogP contribution in [0.1, 0.15) is 17.7 Å². The van der Waals surface area contributed by atoms with Crippen molar-refractivity contribution in [3.63, 3.8) is 0 Å². The van der Waals surface area contributed by atoms with Gasteiger partial charge in [-0.1, -0.05) is 12.1 Å². The fourth-order valence-corrected chi connectivity index (χ4v) is 2.55. The van der Waals surface area contributed by atoms with E-state index in [-0.39, 0.29) is 5.69 Å². The molecule has 3 rings (SSSR count). The molecule has 6 nitrogen and oxygen atoms in total. The van der Waals surface area contributed by atoms with Crippen LogP contribution in [0.25, 0.3) is 16.7 Å². The number of fused-ring (bicyclic) bond motifs is 1. The Labute approximate surface area is 134 Å². The third kappa shape index (κ3) is 3.49. The molecule has 0 aliphatic heterocycles. The maximum absolute atomic E-state index is 12.2. The van der Waals surface area contributed by atoms with Gasteiger partial charge in [-0.25, -0.2) is 4.79 Å². The number of aromatic nitrogens is 3. The fourth-order valence-electron chi connectivity index (χ4n) is 2.55. The van der Waals surface area contributed by atoms with Crippen molar-refractivity contribution in [2.75, 3.05) is 13.1 Å². The van der Waals surface area contributed by atoms with Crippen LogP contribution in [-0.2, 0) is 6.54 Å². The standard InChI is InChI=1S/C17H21N5O/c1-12-9-14-11-22(17(23)21-16(14)20-12)15-5-3-13(4-6-15)10-19-8-2-7-18/h3-6,9,11,19H,2,7-8,10,18H2,1H3,(H,20,21,23). The van der Waals surface area contributed by atoms with Crippen LogP contribution in [0.2, 0.25) is 0 Å². The molecular weight excluding hydrogens is 290 g/mol. The highest BCUT2D eigenvalue weighted by atomic mass is 16.1. The fraction of sp³-hybridized carbons (Fsp3) is 0.294. The summed E-state index contributed by atoms with van der Waals surface area (Å²) in [5.41, 5.74) is 8.79. The maximum atomic E-state index is 12.2. The molecule has 0 atom stereocenters. The van der Waals surface area contributed by atoms with Crippen molar-refractivity contribution in [2.45, 2.75) is 19.9 Å². The van der Waals surface area contributed by atoms with Gasteiger partial charge in [0.05, 0.1) is 5.69 Å². The molecule has 2 heterocycles. The highest BCUT2D eigenvalue weighted by molar-refractivity contribution is 5.75. The number of aryl methyl sites for hydroxylation is 1. The highest BCUT2D eigenvalue weighted by Gasteiger charge is 2.06. The molecule has 4 N–H and O–H groups in total. The molecule has 0 saturated carbocycles. The summed E-state index contributed by atoms with van der Waals surface area (Å²) in [6, 6.07) is 9.89. The lowest BCUT2D eigenvalue weighted by molar-refractivity contribution is 0.655. The van der Waals surface area contributed by atoms with Gasteiger partial charge in [-0.05, 0) is 50.2 Å². The van der Waals surface area contributed by atoms with Crippen molar-refractivity contribution in [2.24, 2.45) is 5.73 Å². The summed E-state index contributed by atoms with van der Waals surface area (Å²) in [5.74, 6) is 0. The van der Waals surface area contributed by atoms with Gasteiger partial charge >= 0.3 is 5.69 Å². The van der Waals surface area contributed by atoms with Gasteiger partial charge in [0, 0.05) is 23.8 Å². The Morgan fingerprint density at radius 1 is 1.30 bits per heavy atom. The molecule has 2 aromatic heterocycles. The van der Waals surface area contributed by atoms with E-state index < -0.39 is 0 Å². The Balaban J connectivity index is 1.81. The second kappa shape index (κ2) is 6.76. The first-order valence-electron chi connectivity index (χ1n) is 7.76. The van der Waals surface area contributed by atoms with E-state index in [1.54, 1.807) is 4.57 Å². The second-order valence-electron chi connectivity index (χ2n) is 5.64. The van der Waals surface area contributed by atoms with Gasteiger partial charge in [0.15, 0.2) is 0 Å². The zero-order chi connectivity index (χ0) is 16.2. The minimum Gasteiger partial charge on any atom is -0.343 e. The van der Waals surface area contributed by atoms with Gasteiger partial charge in [0.2, 0.25) is 0 Å². The first kappa shape index (κ1) is 15.5. The predicted octanol–water partition coefficient (Wildman–Crippen LogP) is 1.46. The van der Waals surface area contributed by atoms with E-state index in [2.05, 4.69) is 15.3 Å². The molecule has 120 valence electrons. The molecule has 0 spiro atoms. The normalized spacial score (nSPS) is 11.2. The molecule has 1 aromatic carbocycles. The van der Waals surface area contributed by atoms with Gasteiger partial charge in [-0.2, -0.15) is 4.98 Å². The molecule has 0 amide bonds. The molecule has 0 aliphatic rings. The number of aromatic amines is 1. The Hall–Kier alpha value is -2.44. The van der Waals surface area contributed by atoms with Crippen LogP contribution in [0.4, 0.5) is 0 Å². The number of rotatable bonds is 6. The molecule has 0 aliphatic carbocycles. The van der Waals surface area contributed by atoms with E-state index >= 15 is 0 Å². The molecule has 0 unspecified atom stereocenters. The van der Waals surface area contributed by atoms with Gasteiger partial charge in [-0.15, -0.1) is 0 Å². The number of nitrogens with zero attached hydrogens (tertiary/aromatic N) is 2. The zero-order valence-corrected chi connectivity index (χ0v) is 13.2. The Bertz CT molecular complexity index is 848. The van der Waals surface area contributed by atoms with Crippen LogP contribution in [0.3, 0.4) is 0 Å². The average molecular weight is 311 g/mol. The van der Waals surface area contributed by atoms with Crippen LogP contribution < -0.4 is 16.7 Å². The number of benzene rings is 1. The van der Waals surface area contributed by atoms with Crippen LogP contribution in [-0.4, -0.2) is 27.6 Å². The lowest BCUT2D eigenvalue weighted by Gasteiger charge is -2.07. The van der Waals surface area contributed by atoms with Gasteiger partial charge < -0.3 is 16.0 Å². The summed E-state index contributed by atoms with van der Waals surface area (Å²) in [6.07, 6.45) is 2.79. The van der Waals surface area contributed by atoms with E-state index in [4.69, 9.17) is 5.73 Å². The molecule has 23 heavy (non-hydrogen) atoms. The van der Waals surface area contributed by atoms with Crippen molar-refractivity contribution in [3.8, 4) is 5.69 Å². The molecule has 0 fully saturated rings. The number of hydrogen-bond donors (Lipinski definition) is 3. The van der Waals surface area contributed by atoms with Crippen molar-refractivity contribution in [1.29, 1.82) is 0 Å². The summed E-state index contributed by atoms with van der Waals surface area (Å²) in [4.78, 5) is 19.4. The van der Waals surface area contributed by atoms with Gasteiger partial charge in [0.25, 0.3) is 0 Å². The minimum absolute atomic E-state index is 0.284. The van der Waals surface area contributed by atoms with E-state index in [1.165, 1.54) is 5.56 Å².